The van der Waals surface area contributed by atoms with Gasteiger partial charge in [-0.3, -0.25) is 9.59 Å². The van der Waals surface area contributed by atoms with Gasteiger partial charge >= 0.3 is 11.8 Å². The van der Waals surface area contributed by atoms with Crippen LogP contribution in [0.4, 0.5) is 5.69 Å². The Hall–Kier alpha value is -3.41. The number of carbonyl (C=O) groups excluding carboxylic acids is 2. The van der Waals surface area contributed by atoms with Crippen molar-refractivity contribution in [1.29, 1.82) is 0 Å². The first-order valence-electron chi connectivity index (χ1n) is 9.02. The number of benzene rings is 4. The molecule has 4 aromatic rings. The zero-order chi connectivity index (χ0) is 21.1. The number of amides is 2. The Morgan fingerprint density at radius 2 is 1.33 bits per heavy atom. The minimum Gasteiger partial charge on any atom is -0.318 e. The zero-order valence-corrected chi connectivity index (χ0v) is 17.0. The number of nitrogens with one attached hydrogen (secondary N) is 2. The summed E-state index contributed by atoms with van der Waals surface area (Å²) in [6.45, 7) is 0. The smallest absolute Gasteiger partial charge is 0.318 e. The van der Waals surface area contributed by atoms with E-state index in [1.807, 2.05) is 48.5 Å². The first-order valence-corrected chi connectivity index (χ1v) is 9.78. The van der Waals surface area contributed by atoms with E-state index < -0.39 is 11.8 Å². The number of fused-ring (bicyclic) bond motifs is 2. The van der Waals surface area contributed by atoms with Gasteiger partial charge in [0, 0.05) is 21.3 Å². The molecule has 5 nitrogen and oxygen atoms in total. The summed E-state index contributed by atoms with van der Waals surface area (Å²) in [5.41, 5.74) is 3.43. The van der Waals surface area contributed by atoms with Crippen molar-refractivity contribution in [3.8, 4) is 0 Å². The fourth-order valence-electron chi connectivity index (χ4n) is 3.21. The van der Waals surface area contributed by atoms with Gasteiger partial charge in [-0.25, -0.2) is 5.43 Å². The maximum Gasteiger partial charge on any atom is 0.329 e. The summed E-state index contributed by atoms with van der Waals surface area (Å²) in [5, 5.41) is 11.2. The van der Waals surface area contributed by atoms with Crippen LogP contribution in [0, 0.1) is 0 Å². The van der Waals surface area contributed by atoms with Crippen LogP contribution in [0.2, 0.25) is 10.0 Å². The molecule has 0 aliphatic heterocycles. The summed E-state index contributed by atoms with van der Waals surface area (Å²) in [4.78, 5) is 24.3. The maximum absolute atomic E-state index is 12.1. The Morgan fingerprint density at radius 1 is 0.767 bits per heavy atom. The summed E-state index contributed by atoms with van der Waals surface area (Å²) < 4.78 is 0. The molecule has 0 heterocycles. The average molecular weight is 436 g/mol. The number of hydrogen-bond acceptors (Lipinski definition) is 3. The van der Waals surface area contributed by atoms with E-state index in [1.54, 1.807) is 6.21 Å². The number of carbonyl (C=O) groups is 2. The molecule has 4 aromatic carbocycles. The third-order valence-corrected chi connectivity index (χ3v) is 4.94. The SMILES string of the molecule is O=C(N/N=C/c1c2ccccc2cc2ccccc12)C(=O)Nc1cc(Cl)cc(Cl)c1. The fourth-order valence-corrected chi connectivity index (χ4v) is 3.73. The Bertz CT molecular complexity index is 1240. The van der Waals surface area contributed by atoms with E-state index in [-0.39, 0.29) is 0 Å². The van der Waals surface area contributed by atoms with Crippen LogP contribution in [0.25, 0.3) is 21.5 Å². The number of rotatable bonds is 3. The van der Waals surface area contributed by atoms with Crippen molar-refractivity contribution in [1.82, 2.24) is 5.43 Å². The highest BCUT2D eigenvalue weighted by atomic mass is 35.5. The second-order valence-corrected chi connectivity index (χ2v) is 7.42. The summed E-state index contributed by atoms with van der Waals surface area (Å²) in [6, 6.07) is 22.4. The van der Waals surface area contributed by atoms with Gasteiger partial charge in [0.25, 0.3) is 0 Å². The average Bonchev–Trinajstić information content (AvgIpc) is 2.72. The van der Waals surface area contributed by atoms with Gasteiger partial charge in [-0.05, 0) is 45.8 Å². The first-order chi connectivity index (χ1) is 14.5. The van der Waals surface area contributed by atoms with Gasteiger partial charge < -0.3 is 5.32 Å². The number of nitrogens with zero attached hydrogens (tertiary/aromatic N) is 1. The van der Waals surface area contributed by atoms with E-state index in [9.17, 15) is 9.59 Å². The van der Waals surface area contributed by atoms with Gasteiger partial charge in [0.05, 0.1) is 6.21 Å². The topological polar surface area (TPSA) is 70.6 Å². The van der Waals surface area contributed by atoms with Crippen molar-refractivity contribution < 1.29 is 9.59 Å². The summed E-state index contributed by atoms with van der Waals surface area (Å²) >= 11 is 11.8. The quantitative estimate of drug-likeness (QED) is 0.196. The molecule has 0 aliphatic carbocycles. The predicted octanol–water partition coefficient (Wildman–Crippen LogP) is 5.39. The van der Waals surface area contributed by atoms with E-state index in [0.717, 1.165) is 27.1 Å². The van der Waals surface area contributed by atoms with E-state index >= 15 is 0 Å². The molecular weight excluding hydrogens is 421 g/mol. The monoisotopic (exact) mass is 435 g/mol. The molecule has 30 heavy (non-hydrogen) atoms. The number of hydrazone groups is 1. The number of hydrogen-bond donors (Lipinski definition) is 2. The molecule has 7 heteroatoms. The normalized spacial score (nSPS) is 11.1. The van der Waals surface area contributed by atoms with Crippen LogP contribution < -0.4 is 10.7 Å². The molecule has 0 aliphatic rings. The van der Waals surface area contributed by atoms with Gasteiger partial charge in [0.2, 0.25) is 0 Å². The van der Waals surface area contributed by atoms with Crippen molar-refractivity contribution in [2.45, 2.75) is 0 Å². The Balaban J connectivity index is 1.56. The molecule has 2 N–H and O–H groups in total. The van der Waals surface area contributed by atoms with Crippen molar-refractivity contribution in [3.05, 3.63) is 88.4 Å². The number of anilines is 1. The van der Waals surface area contributed by atoms with E-state index in [2.05, 4.69) is 21.9 Å². The molecule has 0 spiro atoms. The second kappa shape index (κ2) is 8.53. The van der Waals surface area contributed by atoms with Crippen molar-refractivity contribution in [2.75, 3.05) is 5.32 Å². The van der Waals surface area contributed by atoms with Crippen LogP contribution in [0.5, 0.6) is 0 Å². The predicted molar refractivity (Wildman–Crippen MR) is 122 cm³/mol. The Morgan fingerprint density at radius 3 is 1.93 bits per heavy atom. The van der Waals surface area contributed by atoms with Gasteiger partial charge in [-0.1, -0.05) is 71.7 Å². The van der Waals surface area contributed by atoms with Gasteiger partial charge in [-0.15, -0.1) is 0 Å². The van der Waals surface area contributed by atoms with Crippen LogP contribution in [0.1, 0.15) is 5.56 Å². The minimum atomic E-state index is -0.910. The standard InChI is InChI=1S/C23H15Cl2N3O2/c24-16-10-17(25)12-18(11-16)27-22(29)23(30)28-26-13-21-19-7-3-1-5-14(19)9-15-6-2-4-8-20(15)21/h1-13H,(H,27,29)(H,28,30)/b26-13+. The fraction of sp³-hybridized carbons (Fsp3) is 0. The van der Waals surface area contributed by atoms with E-state index in [1.165, 1.54) is 18.2 Å². The molecular formula is C23H15Cl2N3O2. The lowest BCUT2D eigenvalue weighted by atomic mass is 9.97. The molecule has 0 unspecified atom stereocenters. The van der Waals surface area contributed by atoms with Crippen molar-refractivity contribution >= 4 is 68.5 Å². The lowest BCUT2D eigenvalue weighted by molar-refractivity contribution is -0.136. The molecule has 2 amide bonds. The van der Waals surface area contributed by atoms with Gasteiger partial charge in [0.1, 0.15) is 0 Å². The molecule has 0 aromatic heterocycles. The van der Waals surface area contributed by atoms with Crippen LogP contribution in [-0.2, 0) is 9.59 Å². The minimum absolute atomic E-state index is 0.316. The third-order valence-electron chi connectivity index (χ3n) is 4.50. The highest BCUT2D eigenvalue weighted by Gasteiger charge is 2.14. The van der Waals surface area contributed by atoms with Gasteiger partial charge in [0.15, 0.2) is 0 Å². The van der Waals surface area contributed by atoms with Gasteiger partial charge in [-0.2, -0.15) is 5.10 Å². The molecule has 148 valence electrons. The zero-order valence-electron chi connectivity index (χ0n) is 15.5. The van der Waals surface area contributed by atoms with Crippen molar-refractivity contribution in [2.24, 2.45) is 5.10 Å². The molecule has 0 saturated heterocycles. The Kier molecular flexibility index (Phi) is 5.65. The Labute approximate surface area is 182 Å². The summed E-state index contributed by atoms with van der Waals surface area (Å²) in [5.74, 6) is -1.79. The molecule has 0 radical (unpaired) electrons. The molecule has 0 bridgehead atoms. The highest BCUT2D eigenvalue weighted by molar-refractivity contribution is 6.40. The molecule has 0 fully saturated rings. The van der Waals surface area contributed by atoms with E-state index in [0.29, 0.717) is 15.7 Å². The summed E-state index contributed by atoms with van der Waals surface area (Å²) in [6.07, 6.45) is 1.55. The van der Waals surface area contributed by atoms with Crippen molar-refractivity contribution in [3.63, 3.8) is 0 Å². The second-order valence-electron chi connectivity index (χ2n) is 6.54. The lowest BCUT2D eigenvalue weighted by Crippen LogP contribution is -2.32. The largest absolute Gasteiger partial charge is 0.329 e. The van der Waals surface area contributed by atoms with Crippen LogP contribution >= 0.6 is 23.2 Å². The molecule has 0 atom stereocenters. The summed E-state index contributed by atoms with van der Waals surface area (Å²) in [7, 11) is 0. The molecule has 0 saturated carbocycles. The van der Waals surface area contributed by atoms with Crippen LogP contribution in [0.3, 0.4) is 0 Å². The lowest BCUT2D eigenvalue weighted by Gasteiger charge is -2.08. The first kappa shape index (κ1) is 19.9. The highest BCUT2D eigenvalue weighted by Crippen LogP contribution is 2.27. The number of halogens is 2. The van der Waals surface area contributed by atoms with Crippen LogP contribution in [-0.4, -0.2) is 18.0 Å². The third kappa shape index (κ3) is 4.27. The molecule has 4 rings (SSSR count). The van der Waals surface area contributed by atoms with E-state index in [4.69, 9.17) is 23.2 Å². The maximum atomic E-state index is 12.1. The van der Waals surface area contributed by atoms with Crippen LogP contribution in [0.15, 0.2) is 77.9 Å².